The standard InChI is InChI=1S/C19H16N2O2S/c1-13(11-14-7-3-2-4-8-14)12-17-18(23)21-19(24-17)20-15-9-5-6-10-16(15)22/h2-12,22H,1H3,(H,20,21,23)/b13-11-,17-12-. The van der Waals surface area contributed by atoms with Crippen molar-refractivity contribution in [2.75, 3.05) is 0 Å². The SMILES string of the molecule is CC(=C/c1ccccc1)/C=C1\SC(=Nc2ccccc2O)NC1=O. The zero-order valence-electron chi connectivity index (χ0n) is 13.1. The topological polar surface area (TPSA) is 61.7 Å². The predicted octanol–water partition coefficient (Wildman–Crippen LogP) is 4.23. The molecule has 2 aromatic rings. The number of carbonyl (C=O) groups is 1. The normalized spacial score (nSPS) is 18.2. The number of amides is 1. The fourth-order valence-electron chi connectivity index (χ4n) is 2.21. The highest BCUT2D eigenvalue weighted by Gasteiger charge is 2.23. The van der Waals surface area contributed by atoms with Crippen molar-refractivity contribution in [2.45, 2.75) is 6.92 Å². The number of benzene rings is 2. The van der Waals surface area contributed by atoms with E-state index >= 15 is 0 Å². The minimum atomic E-state index is -0.185. The summed E-state index contributed by atoms with van der Waals surface area (Å²) >= 11 is 1.26. The summed E-state index contributed by atoms with van der Waals surface area (Å²) in [6, 6.07) is 16.7. The second-order valence-corrected chi connectivity index (χ2v) is 6.30. The van der Waals surface area contributed by atoms with Gasteiger partial charge in [0, 0.05) is 0 Å². The van der Waals surface area contributed by atoms with Crippen molar-refractivity contribution in [2.24, 2.45) is 4.99 Å². The van der Waals surface area contributed by atoms with Crippen LogP contribution in [0.15, 0.2) is 76.1 Å². The summed E-state index contributed by atoms with van der Waals surface area (Å²) < 4.78 is 0. The molecule has 4 nitrogen and oxygen atoms in total. The number of nitrogens with zero attached hydrogens (tertiary/aromatic N) is 1. The van der Waals surface area contributed by atoms with E-state index in [4.69, 9.17) is 0 Å². The van der Waals surface area contributed by atoms with Crippen LogP contribution in [0.25, 0.3) is 6.08 Å². The third kappa shape index (κ3) is 3.94. The molecule has 0 atom stereocenters. The number of amidine groups is 1. The van der Waals surface area contributed by atoms with E-state index in [1.807, 2.05) is 49.4 Å². The maximum atomic E-state index is 12.1. The van der Waals surface area contributed by atoms with Gasteiger partial charge in [-0.1, -0.05) is 48.5 Å². The molecule has 2 aromatic carbocycles. The van der Waals surface area contributed by atoms with E-state index in [-0.39, 0.29) is 11.7 Å². The van der Waals surface area contributed by atoms with Crippen molar-refractivity contribution in [3.8, 4) is 5.75 Å². The minimum Gasteiger partial charge on any atom is -0.506 e. The predicted molar refractivity (Wildman–Crippen MR) is 99.1 cm³/mol. The molecule has 5 heteroatoms. The van der Waals surface area contributed by atoms with Gasteiger partial charge in [-0.05, 0) is 48.0 Å². The number of aliphatic imine (C=N–C) groups is 1. The van der Waals surface area contributed by atoms with Gasteiger partial charge in [0.2, 0.25) is 0 Å². The van der Waals surface area contributed by atoms with Crippen LogP contribution in [0, 0.1) is 0 Å². The molecule has 1 saturated heterocycles. The van der Waals surface area contributed by atoms with Crippen LogP contribution in [0.2, 0.25) is 0 Å². The molecular formula is C19H16N2O2S. The Bertz CT molecular complexity index is 855. The highest BCUT2D eigenvalue weighted by atomic mass is 32.2. The molecule has 0 aliphatic carbocycles. The fourth-order valence-corrected chi connectivity index (χ4v) is 3.09. The molecule has 0 spiro atoms. The van der Waals surface area contributed by atoms with Crippen LogP contribution in [0.5, 0.6) is 5.75 Å². The number of thioether (sulfide) groups is 1. The first kappa shape index (κ1) is 16.1. The first-order chi connectivity index (χ1) is 11.6. The molecular weight excluding hydrogens is 320 g/mol. The van der Waals surface area contributed by atoms with Crippen LogP contribution in [0.4, 0.5) is 5.69 Å². The summed E-state index contributed by atoms with van der Waals surface area (Å²) in [6.45, 7) is 1.95. The Hall–Kier alpha value is -2.79. The summed E-state index contributed by atoms with van der Waals surface area (Å²) in [6.07, 6.45) is 3.85. The molecule has 1 heterocycles. The summed E-state index contributed by atoms with van der Waals surface area (Å²) in [4.78, 5) is 16.9. The van der Waals surface area contributed by atoms with Gasteiger partial charge >= 0.3 is 0 Å². The lowest BCUT2D eigenvalue weighted by molar-refractivity contribution is -0.115. The molecule has 1 fully saturated rings. The zero-order chi connectivity index (χ0) is 16.9. The Kier molecular flexibility index (Phi) is 4.82. The van der Waals surface area contributed by atoms with Crippen LogP contribution >= 0.6 is 11.8 Å². The Morgan fingerprint density at radius 2 is 1.83 bits per heavy atom. The van der Waals surface area contributed by atoms with Gasteiger partial charge < -0.3 is 10.4 Å². The fraction of sp³-hybridized carbons (Fsp3) is 0.0526. The summed E-state index contributed by atoms with van der Waals surface area (Å²) in [7, 11) is 0. The van der Waals surface area contributed by atoms with Crippen LogP contribution in [-0.4, -0.2) is 16.2 Å². The lowest BCUT2D eigenvalue weighted by Crippen LogP contribution is -2.19. The van der Waals surface area contributed by atoms with Crippen molar-refractivity contribution in [3.63, 3.8) is 0 Å². The molecule has 1 aliphatic heterocycles. The molecule has 24 heavy (non-hydrogen) atoms. The number of phenolic OH excluding ortho intramolecular Hbond substituents is 1. The Morgan fingerprint density at radius 1 is 1.12 bits per heavy atom. The monoisotopic (exact) mass is 336 g/mol. The first-order valence-corrected chi connectivity index (χ1v) is 8.24. The van der Waals surface area contributed by atoms with E-state index < -0.39 is 0 Å². The van der Waals surface area contributed by atoms with E-state index in [1.165, 1.54) is 11.8 Å². The summed E-state index contributed by atoms with van der Waals surface area (Å²) in [5.74, 6) is -0.104. The van der Waals surface area contributed by atoms with E-state index in [0.29, 0.717) is 15.8 Å². The highest BCUT2D eigenvalue weighted by Crippen LogP contribution is 2.31. The number of allylic oxidation sites excluding steroid dienone is 2. The maximum Gasteiger partial charge on any atom is 0.264 e. The van der Waals surface area contributed by atoms with Crippen LogP contribution in [-0.2, 0) is 4.79 Å². The molecule has 1 amide bonds. The van der Waals surface area contributed by atoms with Crippen molar-refractivity contribution in [1.29, 1.82) is 0 Å². The molecule has 1 aliphatic rings. The Labute approximate surface area is 144 Å². The van der Waals surface area contributed by atoms with Gasteiger partial charge in [0.15, 0.2) is 5.17 Å². The number of phenols is 1. The Balaban J connectivity index is 1.80. The second kappa shape index (κ2) is 7.19. The average molecular weight is 336 g/mol. The number of carbonyl (C=O) groups excluding carboxylic acids is 1. The number of hydrogen-bond acceptors (Lipinski definition) is 4. The third-order valence-corrected chi connectivity index (χ3v) is 4.22. The zero-order valence-corrected chi connectivity index (χ0v) is 13.9. The van der Waals surface area contributed by atoms with Gasteiger partial charge in [0.1, 0.15) is 11.4 Å². The number of rotatable bonds is 3. The lowest BCUT2D eigenvalue weighted by atomic mass is 10.1. The summed E-state index contributed by atoms with van der Waals surface area (Å²) in [5.41, 5.74) is 2.49. The van der Waals surface area contributed by atoms with Gasteiger partial charge in [-0.25, -0.2) is 4.99 Å². The molecule has 0 unspecified atom stereocenters. The van der Waals surface area contributed by atoms with Crippen LogP contribution < -0.4 is 5.32 Å². The number of nitrogens with one attached hydrogen (secondary N) is 1. The van der Waals surface area contributed by atoms with Gasteiger partial charge in [-0.2, -0.15) is 0 Å². The Morgan fingerprint density at radius 3 is 2.58 bits per heavy atom. The molecule has 0 aromatic heterocycles. The van der Waals surface area contributed by atoms with Crippen LogP contribution in [0.3, 0.4) is 0 Å². The number of para-hydroxylation sites is 2. The smallest absolute Gasteiger partial charge is 0.264 e. The van der Waals surface area contributed by atoms with Gasteiger partial charge in [-0.15, -0.1) is 0 Å². The van der Waals surface area contributed by atoms with Gasteiger partial charge in [0.25, 0.3) is 5.91 Å². The number of aromatic hydroxyl groups is 1. The molecule has 120 valence electrons. The van der Waals surface area contributed by atoms with Crippen molar-refractivity contribution >= 4 is 34.6 Å². The molecule has 0 bridgehead atoms. The summed E-state index contributed by atoms with van der Waals surface area (Å²) in [5, 5.41) is 12.9. The van der Waals surface area contributed by atoms with Gasteiger partial charge in [0.05, 0.1) is 4.91 Å². The maximum absolute atomic E-state index is 12.1. The van der Waals surface area contributed by atoms with E-state index in [9.17, 15) is 9.90 Å². The highest BCUT2D eigenvalue weighted by molar-refractivity contribution is 8.18. The quantitative estimate of drug-likeness (QED) is 0.825. The van der Waals surface area contributed by atoms with E-state index in [1.54, 1.807) is 24.3 Å². The molecule has 3 rings (SSSR count). The van der Waals surface area contributed by atoms with Crippen molar-refractivity contribution in [1.82, 2.24) is 5.32 Å². The number of hydrogen-bond donors (Lipinski definition) is 2. The largest absolute Gasteiger partial charge is 0.506 e. The van der Waals surface area contributed by atoms with E-state index in [0.717, 1.165) is 11.1 Å². The van der Waals surface area contributed by atoms with Crippen LogP contribution in [0.1, 0.15) is 12.5 Å². The average Bonchev–Trinajstić information content (AvgIpc) is 2.90. The first-order valence-electron chi connectivity index (χ1n) is 7.43. The van der Waals surface area contributed by atoms with Crippen molar-refractivity contribution in [3.05, 3.63) is 76.7 Å². The van der Waals surface area contributed by atoms with Crippen molar-refractivity contribution < 1.29 is 9.90 Å². The second-order valence-electron chi connectivity index (χ2n) is 5.27. The molecule has 0 saturated carbocycles. The third-order valence-electron chi connectivity index (χ3n) is 3.31. The van der Waals surface area contributed by atoms with E-state index in [2.05, 4.69) is 10.3 Å². The molecule has 0 radical (unpaired) electrons. The minimum absolute atomic E-state index is 0.0810. The van der Waals surface area contributed by atoms with Gasteiger partial charge in [-0.3, -0.25) is 4.79 Å². The lowest BCUT2D eigenvalue weighted by Gasteiger charge is -1.98. The molecule has 2 N–H and O–H groups in total.